The van der Waals surface area contributed by atoms with E-state index in [1.807, 2.05) is 4.90 Å². The van der Waals surface area contributed by atoms with Crippen molar-refractivity contribution in [3.05, 3.63) is 0 Å². The van der Waals surface area contributed by atoms with Crippen molar-refractivity contribution in [3.8, 4) is 0 Å². The highest BCUT2D eigenvalue weighted by molar-refractivity contribution is 5.75. The molecule has 1 aliphatic heterocycles. The molecule has 0 bridgehead atoms. The van der Waals surface area contributed by atoms with Gasteiger partial charge in [0.2, 0.25) is 5.95 Å². The van der Waals surface area contributed by atoms with E-state index in [2.05, 4.69) is 20.3 Å². The van der Waals surface area contributed by atoms with Crippen LogP contribution in [-0.2, 0) is 21.3 Å². The molecule has 88 valence electrons. The quantitative estimate of drug-likeness (QED) is 0.574. The molecular weight excluding hydrogens is 214 g/mol. The lowest BCUT2D eigenvalue weighted by Gasteiger charge is -2.31. The molecule has 1 unspecified atom stereocenters. The summed E-state index contributed by atoms with van der Waals surface area (Å²) in [5, 5.41) is 11.2. The van der Waals surface area contributed by atoms with E-state index in [1.54, 1.807) is 11.7 Å². The van der Waals surface area contributed by atoms with Gasteiger partial charge in [-0.3, -0.25) is 0 Å². The Bertz CT molecular complexity index is 380. The highest BCUT2D eigenvalue weighted by Crippen LogP contribution is 2.13. The fourth-order valence-corrected chi connectivity index (χ4v) is 1.60. The summed E-state index contributed by atoms with van der Waals surface area (Å²) in [7, 11) is 3.09. The first-order valence-electron chi connectivity index (χ1n) is 4.89. The zero-order chi connectivity index (χ0) is 11.5. The van der Waals surface area contributed by atoms with Gasteiger partial charge in [0.1, 0.15) is 0 Å². The molecule has 1 fully saturated rings. The summed E-state index contributed by atoms with van der Waals surface area (Å²) in [6.45, 7) is 1.51. The smallest absolute Gasteiger partial charge is 0.336 e. The molecule has 1 aromatic heterocycles. The van der Waals surface area contributed by atoms with Gasteiger partial charge in [-0.2, -0.15) is 0 Å². The van der Waals surface area contributed by atoms with Crippen molar-refractivity contribution in [3.63, 3.8) is 0 Å². The van der Waals surface area contributed by atoms with E-state index in [9.17, 15) is 4.79 Å². The van der Waals surface area contributed by atoms with Crippen LogP contribution in [0.3, 0.4) is 0 Å². The molecule has 1 atom stereocenters. The van der Waals surface area contributed by atoms with Gasteiger partial charge in [-0.15, -0.1) is 0 Å². The summed E-state index contributed by atoms with van der Waals surface area (Å²) in [4.78, 5) is 13.2. The molecule has 2 heterocycles. The Morgan fingerprint density at radius 2 is 2.44 bits per heavy atom. The SMILES string of the molecule is COC(=O)C1CN(c2nnnn2C)CCO1. The molecule has 1 aromatic rings. The van der Waals surface area contributed by atoms with Crippen LogP contribution >= 0.6 is 0 Å². The van der Waals surface area contributed by atoms with Crippen LogP contribution in [0.15, 0.2) is 0 Å². The lowest BCUT2D eigenvalue weighted by Crippen LogP contribution is -2.47. The van der Waals surface area contributed by atoms with Crippen LogP contribution in [0.1, 0.15) is 0 Å². The van der Waals surface area contributed by atoms with Gasteiger partial charge in [-0.05, 0) is 10.4 Å². The highest BCUT2D eigenvalue weighted by atomic mass is 16.6. The Labute approximate surface area is 92.1 Å². The second-order valence-electron chi connectivity index (χ2n) is 3.43. The van der Waals surface area contributed by atoms with E-state index in [1.165, 1.54) is 7.11 Å². The highest BCUT2D eigenvalue weighted by Gasteiger charge is 2.29. The maximum atomic E-state index is 11.3. The number of carbonyl (C=O) groups excluding carboxylic acids is 1. The van der Waals surface area contributed by atoms with Gasteiger partial charge in [0.25, 0.3) is 0 Å². The predicted octanol–water partition coefficient (Wildman–Crippen LogP) is -1.41. The van der Waals surface area contributed by atoms with Gasteiger partial charge in [0.05, 0.1) is 20.3 Å². The molecule has 0 aliphatic carbocycles. The monoisotopic (exact) mass is 227 g/mol. The van der Waals surface area contributed by atoms with Crippen molar-refractivity contribution in [1.29, 1.82) is 0 Å². The number of rotatable bonds is 2. The van der Waals surface area contributed by atoms with Gasteiger partial charge in [0.15, 0.2) is 6.10 Å². The molecule has 0 N–H and O–H groups in total. The minimum absolute atomic E-state index is 0.375. The number of ether oxygens (including phenoxy) is 2. The number of esters is 1. The van der Waals surface area contributed by atoms with Crippen LogP contribution in [0.4, 0.5) is 5.95 Å². The first-order chi connectivity index (χ1) is 7.72. The zero-order valence-corrected chi connectivity index (χ0v) is 9.16. The minimum Gasteiger partial charge on any atom is -0.467 e. The zero-order valence-electron chi connectivity index (χ0n) is 9.16. The second-order valence-corrected chi connectivity index (χ2v) is 3.43. The number of anilines is 1. The van der Waals surface area contributed by atoms with Gasteiger partial charge >= 0.3 is 5.97 Å². The van der Waals surface area contributed by atoms with Crippen LogP contribution in [0.2, 0.25) is 0 Å². The Kier molecular flexibility index (Phi) is 3.00. The summed E-state index contributed by atoms with van der Waals surface area (Å²) in [5.41, 5.74) is 0. The molecule has 0 amide bonds. The first-order valence-corrected chi connectivity index (χ1v) is 4.89. The molecule has 1 aliphatic rings. The number of hydrogen-bond acceptors (Lipinski definition) is 7. The third-order valence-corrected chi connectivity index (χ3v) is 2.41. The Balaban J connectivity index is 2.07. The number of methoxy groups -OCH3 is 1. The number of morpholine rings is 1. The van der Waals surface area contributed by atoms with E-state index < -0.39 is 6.10 Å². The topological polar surface area (TPSA) is 82.4 Å². The normalized spacial score (nSPS) is 20.9. The van der Waals surface area contributed by atoms with Crippen LogP contribution in [0, 0.1) is 0 Å². The standard InChI is InChI=1S/C8H13N5O3/c1-12-8(9-10-11-12)13-3-4-16-6(5-13)7(14)15-2/h6H,3-5H2,1-2H3. The van der Waals surface area contributed by atoms with Crippen molar-refractivity contribution in [2.45, 2.75) is 6.10 Å². The third kappa shape index (κ3) is 1.96. The second kappa shape index (κ2) is 4.44. The summed E-state index contributed by atoms with van der Waals surface area (Å²) in [5.74, 6) is 0.247. The lowest BCUT2D eigenvalue weighted by atomic mass is 10.3. The van der Waals surface area contributed by atoms with Gasteiger partial charge < -0.3 is 14.4 Å². The average Bonchev–Trinajstić information content (AvgIpc) is 2.74. The van der Waals surface area contributed by atoms with Gasteiger partial charge in [-0.25, -0.2) is 9.48 Å². The molecule has 16 heavy (non-hydrogen) atoms. The fourth-order valence-electron chi connectivity index (χ4n) is 1.60. The fraction of sp³-hybridized carbons (Fsp3) is 0.750. The van der Waals surface area contributed by atoms with E-state index in [0.717, 1.165) is 0 Å². The Hall–Kier alpha value is -1.70. The molecule has 0 saturated carbocycles. The molecule has 0 spiro atoms. The lowest BCUT2D eigenvalue weighted by molar-refractivity contribution is -0.154. The van der Waals surface area contributed by atoms with E-state index in [4.69, 9.17) is 4.74 Å². The summed E-state index contributed by atoms with van der Waals surface area (Å²) in [6.07, 6.45) is -0.574. The molecule has 0 aromatic carbocycles. The van der Waals surface area contributed by atoms with Crippen molar-refractivity contribution in [2.75, 3.05) is 31.7 Å². The Morgan fingerprint density at radius 1 is 1.62 bits per heavy atom. The van der Waals surface area contributed by atoms with Crippen LogP contribution in [-0.4, -0.2) is 59.1 Å². The number of nitrogens with zero attached hydrogens (tertiary/aromatic N) is 5. The number of aryl methyl sites for hydroxylation is 1. The van der Waals surface area contributed by atoms with Crippen LogP contribution in [0.5, 0.6) is 0 Å². The maximum Gasteiger partial charge on any atom is 0.336 e. The van der Waals surface area contributed by atoms with E-state index >= 15 is 0 Å². The predicted molar refractivity (Wildman–Crippen MR) is 52.8 cm³/mol. The number of hydrogen-bond donors (Lipinski definition) is 0. The van der Waals surface area contributed by atoms with E-state index in [-0.39, 0.29) is 5.97 Å². The first kappa shape index (κ1) is 10.8. The minimum atomic E-state index is -0.574. The summed E-state index contributed by atoms with van der Waals surface area (Å²) in [6, 6.07) is 0. The van der Waals surface area contributed by atoms with Crippen molar-refractivity contribution in [2.24, 2.45) is 7.05 Å². The van der Waals surface area contributed by atoms with Crippen LogP contribution < -0.4 is 4.90 Å². The van der Waals surface area contributed by atoms with Gasteiger partial charge in [-0.1, -0.05) is 5.10 Å². The van der Waals surface area contributed by atoms with E-state index in [0.29, 0.717) is 25.6 Å². The molecule has 2 rings (SSSR count). The largest absolute Gasteiger partial charge is 0.467 e. The van der Waals surface area contributed by atoms with Crippen molar-refractivity contribution >= 4 is 11.9 Å². The number of tetrazole rings is 1. The van der Waals surface area contributed by atoms with Gasteiger partial charge in [0, 0.05) is 13.6 Å². The number of carbonyl (C=O) groups is 1. The third-order valence-electron chi connectivity index (χ3n) is 2.41. The molecule has 1 saturated heterocycles. The molecule has 8 nitrogen and oxygen atoms in total. The summed E-state index contributed by atoms with van der Waals surface area (Å²) >= 11 is 0. The molecule has 8 heteroatoms. The summed E-state index contributed by atoms with van der Waals surface area (Å²) < 4.78 is 11.5. The van der Waals surface area contributed by atoms with Crippen LogP contribution in [0.25, 0.3) is 0 Å². The maximum absolute atomic E-state index is 11.3. The molecular formula is C8H13N5O3. The van der Waals surface area contributed by atoms with Crippen molar-refractivity contribution in [1.82, 2.24) is 20.2 Å². The molecule has 0 radical (unpaired) electrons. The average molecular weight is 227 g/mol. The Morgan fingerprint density at radius 3 is 3.06 bits per heavy atom. The number of aromatic nitrogens is 4. The van der Waals surface area contributed by atoms with Crippen molar-refractivity contribution < 1.29 is 14.3 Å².